The number of amides is 1. The predicted octanol–water partition coefficient (Wildman–Crippen LogP) is 3.09. The molecule has 2 aromatic heterocycles. The molecule has 2 aromatic carbocycles. The third kappa shape index (κ3) is 5.09. The first kappa shape index (κ1) is 22.8. The SMILES string of the molecule is C[C@@H](C(=O)Nc1ccc(OCc2ccccc2)cc1)N1CCN(c2ncnc3c2cnn3C)CC1. The van der Waals surface area contributed by atoms with Gasteiger partial charge in [0.1, 0.15) is 24.5 Å². The van der Waals surface area contributed by atoms with Crippen molar-refractivity contribution >= 4 is 28.4 Å². The summed E-state index contributed by atoms with van der Waals surface area (Å²) in [6, 6.07) is 17.3. The Morgan fingerprint density at radius 1 is 1.03 bits per heavy atom. The van der Waals surface area contributed by atoms with Gasteiger partial charge in [-0.1, -0.05) is 30.3 Å². The molecule has 1 saturated heterocycles. The van der Waals surface area contributed by atoms with E-state index in [4.69, 9.17) is 4.74 Å². The molecule has 1 fully saturated rings. The number of carbonyl (C=O) groups excluding carboxylic acids is 1. The molecular weight excluding hydrogens is 442 g/mol. The lowest BCUT2D eigenvalue weighted by Crippen LogP contribution is -2.53. The van der Waals surface area contributed by atoms with Gasteiger partial charge < -0.3 is 15.0 Å². The number of nitrogens with zero attached hydrogens (tertiary/aromatic N) is 6. The lowest BCUT2D eigenvalue weighted by Gasteiger charge is -2.38. The molecule has 1 N–H and O–H groups in total. The van der Waals surface area contributed by atoms with Gasteiger partial charge in [-0.05, 0) is 36.8 Å². The van der Waals surface area contributed by atoms with Gasteiger partial charge in [-0.3, -0.25) is 14.4 Å². The summed E-state index contributed by atoms with van der Waals surface area (Å²) in [6.45, 7) is 5.57. The highest BCUT2D eigenvalue weighted by Crippen LogP contribution is 2.24. The van der Waals surface area contributed by atoms with Crippen molar-refractivity contribution < 1.29 is 9.53 Å². The number of hydrogen-bond donors (Lipinski definition) is 1. The highest BCUT2D eigenvalue weighted by Gasteiger charge is 2.27. The highest BCUT2D eigenvalue weighted by atomic mass is 16.5. The number of aromatic nitrogens is 4. The van der Waals surface area contributed by atoms with Gasteiger partial charge in [0, 0.05) is 38.9 Å². The highest BCUT2D eigenvalue weighted by molar-refractivity contribution is 5.94. The molecule has 35 heavy (non-hydrogen) atoms. The lowest BCUT2D eigenvalue weighted by molar-refractivity contribution is -0.120. The summed E-state index contributed by atoms with van der Waals surface area (Å²) in [5, 5.41) is 8.28. The van der Waals surface area contributed by atoms with Crippen LogP contribution in [0.3, 0.4) is 0 Å². The van der Waals surface area contributed by atoms with Crippen molar-refractivity contribution in [3.8, 4) is 5.75 Å². The summed E-state index contributed by atoms with van der Waals surface area (Å²) in [5.74, 6) is 1.64. The molecule has 5 rings (SSSR count). The molecule has 0 saturated carbocycles. The minimum atomic E-state index is -0.241. The van der Waals surface area contributed by atoms with E-state index in [-0.39, 0.29) is 11.9 Å². The first-order chi connectivity index (χ1) is 17.1. The maximum Gasteiger partial charge on any atom is 0.241 e. The second-order valence-electron chi connectivity index (χ2n) is 8.69. The van der Waals surface area contributed by atoms with Crippen molar-refractivity contribution in [1.29, 1.82) is 0 Å². The van der Waals surface area contributed by atoms with Crippen LogP contribution in [0.1, 0.15) is 12.5 Å². The number of carbonyl (C=O) groups is 1. The van der Waals surface area contributed by atoms with E-state index in [0.717, 1.165) is 60.0 Å². The van der Waals surface area contributed by atoms with Crippen LogP contribution in [0.15, 0.2) is 67.1 Å². The average Bonchev–Trinajstić information content (AvgIpc) is 3.29. The van der Waals surface area contributed by atoms with Crippen molar-refractivity contribution in [3.05, 3.63) is 72.7 Å². The molecule has 0 bridgehead atoms. The van der Waals surface area contributed by atoms with Crippen LogP contribution in [0.5, 0.6) is 5.75 Å². The molecule has 3 heterocycles. The van der Waals surface area contributed by atoms with Crippen LogP contribution in [0, 0.1) is 0 Å². The normalized spacial score (nSPS) is 15.2. The Balaban J connectivity index is 1.13. The number of piperazine rings is 1. The number of ether oxygens (including phenoxy) is 1. The molecule has 1 amide bonds. The molecule has 0 aliphatic carbocycles. The summed E-state index contributed by atoms with van der Waals surface area (Å²) >= 11 is 0. The Morgan fingerprint density at radius 3 is 2.51 bits per heavy atom. The van der Waals surface area contributed by atoms with Crippen LogP contribution in [0.25, 0.3) is 11.0 Å². The molecule has 0 unspecified atom stereocenters. The van der Waals surface area contributed by atoms with Crippen LogP contribution in [0.4, 0.5) is 11.5 Å². The Labute approximate surface area is 204 Å². The van der Waals surface area contributed by atoms with Gasteiger partial charge >= 0.3 is 0 Å². The maximum absolute atomic E-state index is 12.9. The number of aryl methyl sites for hydroxylation is 1. The minimum absolute atomic E-state index is 0.0203. The third-order valence-corrected chi connectivity index (χ3v) is 6.42. The van der Waals surface area contributed by atoms with E-state index < -0.39 is 0 Å². The molecule has 1 atom stereocenters. The van der Waals surface area contributed by atoms with Crippen LogP contribution < -0.4 is 15.0 Å². The molecule has 1 aliphatic rings. The van der Waals surface area contributed by atoms with Crippen molar-refractivity contribution in [3.63, 3.8) is 0 Å². The standard InChI is InChI=1S/C26H29N7O2/c1-19(26(34)30-21-8-10-22(11-9-21)35-17-20-6-4-3-5-7-20)32-12-14-33(15-13-32)25-23-16-29-31(2)24(23)27-18-28-25/h3-11,16,18-19H,12-15,17H2,1-2H3,(H,30,34)/t19-/m0/s1. The largest absolute Gasteiger partial charge is 0.489 e. The van der Waals surface area contributed by atoms with Gasteiger partial charge in [-0.15, -0.1) is 0 Å². The van der Waals surface area contributed by atoms with Gasteiger partial charge in [-0.2, -0.15) is 5.10 Å². The Hall–Kier alpha value is -3.98. The molecule has 0 radical (unpaired) electrons. The number of hydrogen-bond acceptors (Lipinski definition) is 7. The summed E-state index contributed by atoms with van der Waals surface area (Å²) in [6.07, 6.45) is 3.39. The van der Waals surface area contributed by atoms with Crippen LogP contribution in [-0.4, -0.2) is 62.8 Å². The van der Waals surface area contributed by atoms with Gasteiger partial charge in [-0.25, -0.2) is 9.97 Å². The number of rotatable bonds is 7. The van der Waals surface area contributed by atoms with Crippen LogP contribution in [0.2, 0.25) is 0 Å². The average molecular weight is 472 g/mol. The zero-order valence-electron chi connectivity index (χ0n) is 20.0. The van der Waals surface area contributed by atoms with E-state index in [1.807, 2.05) is 74.8 Å². The molecular formula is C26H29N7O2. The van der Waals surface area contributed by atoms with Crippen LogP contribution >= 0.6 is 0 Å². The Morgan fingerprint density at radius 2 is 1.77 bits per heavy atom. The molecule has 0 spiro atoms. The predicted molar refractivity (Wildman–Crippen MR) is 135 cm³/mol. The molecule has 9 heteroatoms. The monoisotopic (exact) mass is 471 g/mol. The minimum Gasteiger partial charge on any atom is -0.489 e. The fraction of sp³-hybridized carbons (Fsp3) is 0.308. The number of anilines is 2. The fourth-order valence-electron chi connectivity index (χ4n) is 4.31. The number of nitrogens with one attached hydrogen (secondary N) is 1. The summed E-state index contributed by atoms with van der Waals surface area (Å²) in [7, 11) is 1.88. The van der Waals surface area contributed by atoms with Gasteiger partial charge in [0.2, 0.25) is 5.91 Å². The topological polar surface area (TPSA) is 88.4 Å². The van der Waals surface area contributed by atoms with Gasteiger partial charge in [0.15, 0.2) is 5.65 Å². The lowest BCUT2D eigenvalue weighted by atomic mass is 10.2. The van der Waals surface area contributed by atoms with Crippen LogP contribution in [-0.2, 0) is 18.4 Å². The second-order valence-corrected chi connectivity index (χ2v) is 8.69. The van der Waals surface area contributed by atoms with Crippen molar-refractivity contribution in [2.75, 3.05) is 36.4 Å². The zero-order valence-corrected chi connectivity index (χ0v) is 20.0. The van der Waals surface area contributed by atoms with E-state index in [1.165, 1.54) is 0 Å². The van der Waals surface area contributed by atoms with E-state index >= 15 is 0 Å². The molecule has 9 nitrogen and oxygen atoms in total. The Kier molecular flexibility index (Phi) is 6.58. The van der Waals surface area contributed by atoms with Gasteiger partial charge in [0.05, 0.1) is 17.6 Å². The molecule has 4 aromatic rings. The van der Waals surface area contributed by atoms with Gasteiger partial charge in [0.25, 0.3) is 0 Å². The van der Waals surface area contributed by atoms with E-state index in [2.05, 4.69) is 30.2 Å². The van der Waals surface area contributed by atoms with Crippen molar-refractivity contribution in [1.82, 2.24) is 24.6 Å². The quantitative estimate of drug-likeness (QED) is 0.443. The summed E-state index contributed by atoms with van der Waals surface area (Å²) < 4.78 is 7.58. The fourth-order valence-corrected chi connectivity index (χ4v) is 4.31. The number of fused-ring (bicyclic) bond motifs is 1. The first-order valence-corrected chi connectivity index (χ1v) is 11.8. The second kappa shape index (κ2) is 10.1. The third-order valence-electron chi connectivity index (χ3n) is 6.42. The molecule has 180 valence electrons. The zero-order chi connectivity index (χ0) is 24.2. The van der Waals surface area contributed by atoms with Crippen molar-refractivity contribution in [2.45, 2.75) is 19.6 Å². The maximum atomic E-state index is 12.9. The first-order valence-electron chi connectivity index (χ1n) is 11.8. The summed E-state index contributed by atoms with van der Waals surface area (Å²) in [4.78, 5) is 26.2. The number of benzene rings is 2. The Bertz CT molecular complexity index is 1280. The summed E-state index contributed by atoms with van der Waals surface area (Å²) in [5.41, 5.74) is 2.69. The van der Waals surface area contributed by atoms with Crippen molar-refractivity contribution in [2.24, 2.45) is 7.05 Å². The molecule has 1 aliphatic heterocycles. The smallest absolute Gasteiger partial charge is 0.241 e. The van der Waals surface area contributed by atoms with E-state index in [1.54, 1.807) is 11.0 Å². The van der Waals surface area contributed by atoms with E-state index in [9.17, 15) is 4.79 Å². The van der Waals surface area contributed by atoms with E-state index in [0.29, 0.717) is 6.61 Å².